The van der Waals surface area contributed by atoms with Crippen LogP contribution in [0.1, 0.15) is 29.0 Å². The number of rotatable bonds is 6. The second-order valence-corrected chi connectivity index (χ2v) is 7.94. The first kappa shape index (κ1) is 17.9. The lowest BCUT2D eigenvalue weighted by Gasteiger charge is -2.31. The van der Waals surface area contributed by atoms with Crippen molar-refractivity contribution in [3.05, 3.63) is 60.2 Å². The number of hydrogen-bond acceptors (Lipinski definition) is 4. The molecule has 0 spiro atoms. The maximum Gasteiger partial charge on any atom is 0.295 e. The number of nitrogens with zero attached hydrogens (tertiary/aromatic N) is 1. The summed E-state index contributed by atoms with van der Waals surface area (Å²) in [5.74, 6) is 2.71. The van der Waals surface area contributed by atoms with E-state index in [1.807, 2.05) is 48.2 Å². The number of hydrogen-bond donors (Lipinski definition) is 1. The number of piperidine rings is 1. The summed E-state index contributed by atoms with van der Waals surface area (Å²) in [6.07, 6.45) is 5.23. The quantitative estimate of drug-likeness (QED) is 0.514. The molecule has 4 rings (SSSR count). The monoisotopic (exact) mass is 382 g/mol. The fourth-order valence-electron chi connectivity index (χ4n) is 3.54. The highest BCUT2D eigenvalue weighted by Crippen LogP contribution is 2.25. The zero-order chi connectivity index (χ0) is 18.6. The molecule has 1 amide bonds. The number of carbonyl (C=O) groups is 2. The minimum Gasteiger partial charge on any atom is -0.468 e. The number of nitrogens with one attached hydrogen (secondary N) is 1. The Morgan fingerprint density at radius 2 is 1.96 bits per heavy atom. The first-order chi connectivity index (χ1) is 13.2. The molecule has 0 saturated carbocycles. The molecule has 0 bridgehead atoms. The van der Waals surface area contributed by atoms with Gasteiger partial charge in [0.15, 0.2) is 0 Å². The van der Waals surface area contributed by atoms with Crippen LogP contribution in [0.3, 0.4) is 0 Å². The Hall–Kier alpha value is -2.47. The molecule has 2 aromatic heterocycles. The fraction of sp³-hybridized carbons (Fsp3) is 0.333. The van der Waals surface area contributed by atoms with Crippen molar-refractivity contribution in [3.63, 3.8) is 0 Å². The van der Waals surface area contributed by atoms with E-state index in [0.717, 1.165) is 41.0 Å². The van der Waals surface area contributed by atoms with Gasteiger partial charge in [0.05, 0.1) is 17.6 Å². The molecular formula is C21H22N2O3S. The number of ketones is 1. The summed E-state index contributed by atoms with van der Waals surface area (Å²) in [6.45, 7) is 1.30. The third-order valence-corrected chi connectivity index (χ3v) is 6.30. The number of Topliss-reactive ketones (excluding diaryl/α,β-unsaturated/α-hetero) is 1. The first-order valence-corrected chi connectivity index (χ1v) is 10.4. The van der Waals surface area contributed by atoms with E-state index in [-0.39, 0.29) is 5.91 Å². The summed E-state index contributed by atoms with van der Waals surface area (Å²) in [7, 11) is 0. The highest BCUT2D eigenvalue weighted by molar-refractivity contribution is 7.98. The number of H-pyrrole nitrogens is 1. The van der Waals surface area contributed by atoms with Crippen LogP contribution in [0.15, 0.2) is 53.3 Å². The van der Waals surface area contributed by atoms with Gasteiger partial charge >= 0.3 is 0 Å². The molecule has 140 valence electrons. The number of benzene rings is 1. The molecule has 0 atom stereocenters. The molecule has 1 aromatic carbocycles. The number of aromatic amines is 1. The van der Waals surface area contributed by atoms with Gasteiger partial charge in [0.2, 0.25) is 0 Å². The Kier molecular flexibility index (Phi) is 5.34. The standard InChI is InChI=1S/C21H22N2O3S/c24-20(18-12-22-19-6-2-1-5-17(18)19)21(25)23-9-7-15(8-10-23)13-27-14-16-4-3-11-26-16/h1-6,11-12,15,22H,7-10,13-14H2. The van der Waals surface area contributed by atoms with Crippen LogP contribution in [0.2, 0.25) is 0 Å². The summed E-state index contributed by atoms with van der Waals surface area (Å²) in [5.41, 5.74) is 1.34. The van der Waals surface area contributed by atoms with Crippen LogP contribution in [-0.2, 0) is 10.5 Å². The van der Waals surface area contributed by atoms with Gasteiger partial charge in [-0.3, -0.25) is 9.59 Å². The zero-order valence-corrected chi connectivity index (χ0v) is 15.8. The van der Waals surface area contributed by atoms with E-state index in [0.29, 0.717) is 24.6 Å². The minimum atomic E-state index is -0.418. The van der Waals surface area contributed by atoms with Crippen LogP contribution in [0.25, 0.3) is 10.9 Å². The van der Waals surface area contributed by atoms with Crippen molar-refractivity contribution in [3.8, 4) is 0 Å². The summed E-state index contributed by atoms with van der Waals surface area (Å²) >= 11 is 1.86. The van der Waals surface area contributed by atoms with Gasteiger partial charge < -0.3 is 14.3 Å². The van der Waals surface area contributed by atoms with Crippen LogP contribution in [0.4, 0.5) is 0 Å². The number of amides is 1. The fourth-order valence-corrected chi connectivity index (χ4v) is 4.69. The topological polar surface area (TPSA) is 66.3 Å². The molecule has 3 aromatic rings. The summed E-state index contributed by atoms with van der Waals surface area (Å²) in [4.78, 5) is 30.1. The lowest BCUT2D eigenvalue weighted by molar-refractivity contribution is -0.127. The van der Waals surface area contributed by atoms with Gasteiger partial charge in [0.1, 0.15) is 5.76 Å². The molecule has 3 heterocycles. The Labute approximate surface area is 162 Å². The molecule has 1 saturated heterocycles. The molecular weight excluding hydrogens is 360 g/mol. The predicted octanol–water partition coefficient (Wildman–Crippen LogP) is 4.12. The average Bonchev–Trinajstić information content (AvgIpc) is 3.37. The SMILES string of the molecule is O=C(C(=O)N1CCC(CSCc2ccco2)CC1)c1c[nH]c2ccccc12. The lowest BCUT2D eigenvalue weighted by Crippen LogP contribution is -2.42. The second-order valence-electron chi connectivity index (χ2n) is 6.91. The van der Waals surface area contributed by atoms with Gasteiger partial charge in [-0.1, -0.05) is 18.2 Å². The molecule has 1 aliphatic rings. The number of aromatic nitrogens is 1. The summed E-state index contributed by atoms with van der Waals surface area (Å²) in [6, 6.07) is 11.5. The van der Waals surface area contributed by atoms with Crippen molar-refractivity contribution in [2.24, 2.45) is 5.92 Å². The number of likely N-dealkylation sites (tertiary alicyclic amines) is 1. The summed E-state index contributed by atoms with van der Waals surface area (Å²) in [5, 5.41) is 0.806. The van der Waals surface area contributed by atoms with Crippen molar-refractivity contribution in [2.75, 3.05) is 18.8 Å². The smallest absolute Gasteiger partial charge is 0.295 e. The largest absolute Gasteiger partial charge is 0.468 e. The van der Waals surface area contributed by atoms with Crippen LogP contribution in [0.5, 0.6) is 0 Å². The third-order valence-electron chi connectivity index (χ3n) is 5.11. The Balaban J connectivity index is 1.30. The number of para-hydroxylation sites is 1. The molecule has 1 aliphatic heterocycles. The van der Waals surface area contributed by atoms with Gasteiger partial charge in [-0.15, -0.1) is 0 Å². The highest BCUT2D eigenvalue weighted by Gasteiger charge is 2.29. The number of carbonyl (C=O) groups excluding carboxylic acids is 2. The van der Waals surface area contributed by atoms with Crippen molar-refractivity contribution >= 4 is 34.4 Å². The van der Waals surface area contributed by atoms with Crippen molar-refractivity contribution in [2.45, 2.75) is 18.6 Å². The Bertz CT molecular complexity index is 924. The van der Waals surface area contributed by atoms with E-state index in [2.05, 4.69) is 4.98 Å². The van der Waals surface area contributed by atoms with E-state index in [1.165, 1.54) is 0 Å². The van der Waals surface area contributed by atoms with E-state index in [1.54, 1.807) is 17.4 Å². The van der Waals surface area contributed by atoms with Crippen LogP contribution < -0.4 is 0 Å². The molecule has 6 heteroatoms. The van der Waals surface area contributed by atoms with Crippen molar-refractivity contribution in [1.29, 1.82) is 0 Å². The number of furan rings is 1. The third kappa shape index (κ3) is 3.95. The van der Waals surface area contributed by atoms with Crippen LogP contribution in [0, 0.1) is 5.92 Å². The maximum atomic E-state index is 12.7. The van der Waals surface area contributed by atoms with Crippen molar-refractivity contribution < 1.29 is 14.0 Å². The van der Waals surface area contributed by atoms with Gasteiger partial charge in [-0.05, 0) is 42.7 Å². The predicted molar refractivity (Wildman–Crippen MR) is 107 cm³/mol. The van der Waals surface area contributed by atoms with Gasteiger partial charge in [-0.2, -0.15) is 11.8 Å². The highest BCUT2D eigenvalue weighted by atomic mass is 32.2. The molecule has 1 N–H and O–H groups in total. The molecule has 0 aliphatic carbocycles. The van der Waals surface area contributed by atoms with Crippen molar-refractivity contribution in [1.82, 2.24) is 9.88 Å². The first-order valence-electron chi connectivity index (χ1n) is 9.22. The molecule has 1 fully saturated rings. The van der Waals surface area contributed by atoms with Crippen LogP contribution >= 0.6 is 11.8 Å². The second kappa shape index (κ2) is 8.05. The maximum absolute atomic E-state index is 12.7. The molecule has 27 heavy (non-hydrogen) atoms. The van der Waals surface area contributed by atoms with E-state index in [4.69, 9.17) is 4.42 Å². The average molecular weight is 382 g/mol. The van der Waals surface area contributed by atoms with Gasteiger partial charge in [0.25, 0.3) is 11.7 Å². The van der Waals surface area contributed by atoms with E-state index < -0.39 is 5.78 Å². The zero-order valence-electron chi connectivity index (χ0n) is 15.0. The molecule has 0 unspecified atom stereocenters. The van der Waals surface area contributed by atoms with Gasteiger partial charge in [-0.25, -0.2) is 0 Å². The number of fused-ring (bicyclic) bond motifs is 1. The molecule has 5 nitrogen and oxygen atoms in total. The van der Waals surface area contributed by atoms with E-state index >= 15 is 0 Å². The molecule has 0 radical (unpaired) electrons. The lowest BCUT2D eigenvalue weighted by atomic mass is 9.98. The Morgan fingerprint density at radius 1 is 1.15 bits per heavy atom. The van der Waals surface area contributed by atoms with Gasteiger partial charge in [0, 0.05) is 30.2 Å². The van der Waals surface area contributed by atoms with E-state index in [9.17, 15) is 9.59 Å². The Morgan fingerprint density at radius 3 is 2.74 bits per heavy atom. The minimum absolute atomic E-state index is 0.388. The van der Waals surface area contributed by atoms with Crippen LogP contribution in [-0.4, -0.2) is 40.4 Å². The summed E-state index contributed by atoms with van der Waals surface area (Å²) < 4.78 is 5.35. The normalized spacial score (nSPS) is 15.3. The number of thioether (sulfide) groups is 1.